The number of hydrogen-bond donors (Lipinski definition) is 0. The van der Waals surface area contributed by atoms with E-state index in [0.29, 0.717) is 18.0 Å². The Labute approximate surface area is 107 Å². The molecule has 0 saturated heterocycles. The molecule has 5 nitrogen and oxygen atoms in total. The molecule has 6 heteroatoms. The number of nitrogens with zero attached hydrogens (tertiary/aromatic N) is 1. The van der Waals surface area contributed by atoms with E-state index >= 15 is 0 Å². The summed E-state index contributed by atoms with van der Waals surface area (Å²) < 4.78 is 35.7. The lowest BCUT2D eigenvalue weighted by Gasteiger charge is -2.19. The molecule has 1 aromatic carbocycles. The van der Waals surface area contributed by atoms with Gasteiger partial charge in [-0.05, 0) is 31.5 Å². The molecule has 0 spiro atoms. The average Bonchev–Trinajstić information content (AvgIpc) is 2.75. The summed E-state index contributed by atoms with van der Waals surface area (Å²) in [4.78, 5) is 0. The molecule has 18 heavy (non-hydrogen) atoms. The lowest BCUT2D eigenvalue weighted by atomic mass is 10.2. The van der Waals surface area contributed by atoms with E-state index in [9.17, 15) is 8.42 Å². The normalized spacial score (nSPS) is 14.5. The van der Waals surface area contributed by atoms with Gasteiger partial charge in [-0.2, -0.15) is 0 Å². The molecule has 0 fully saturated rings. The second kappa shape index (κ2) is 4.78. The van der Waals surface area contributed by atoms with Crippen molar-refractivity contribution in [3.63, 3.8) is 0 Å². The van der Waals surface area contributed by atoms with E-state index in [1.54, 1.807) is 27.0 Å². The van der Waals surface area contributed by atoms with Gasteiger partial charge in [0.05, 0.1) is 5.25 Å². The van der Waals surface area contributed by atoms with Crippen molar-refractivity contribution in [1.29, 1.82) is 0 Å². The smallest absolute Gasteiger partial charge is 0.231 e. The summed E-state index contributed by atoms with van der Waals surface area (Å²) in [6.07, 6.45) is 0. The summed E-state index contributed by atoms with van der Waals surface area (Å²) >= 11 is 0. The monoisotopic (exact) mass is 271 g/mol. The van der Waals surface area contributed by atoms with Crippen LogP contribution in [0.25, 0.3) is 0 Å². The Morgan fingerprint density at radius 2 is 1.94 bits per heavy atom. The van der Waals surface area contributed by atoms with Gasteiger partial charge in [0, 0.05) is 13.6 Å². The number of rotatable bonds is 4. The molecule has 0 aromatic heterocycles. The van der Waals surface area contributed by atoms with Crippen molar-refractivity contribution in [3.8, 4) is 11.5 Å². The predicted octanol–water partition coefficient (Wildman–Crippen LogP) is 1.59. The second-order valence-electron chi connectivity index (χ2n) is 4.54. The molecular formula is C12H17NO4S. The zero-order valence-electron chi connectivity index (χ0n) is 10.7. The average molecular weight is 271 g/mol. The molecule has 0 amide bonds. The first-order valence-corrected chi connectivity index (χ1v) is 7.25. The van der Waals surface area contributed by atoms with Gasteiger partial charge < -0.3 is 9.47 Å². The van der Waals surface area contributed by atoms with Crippen molar-refractivity contribution in [2.45, 2.75) is 25.6 Å². The molecule has 0 unspecified atom stereocenters. The van der Waals surface area contributed by atoms with Crippen LogP contribution in [0.5, 0.6) is 11.5 Å². The molecule has 0 saturated carbocycles. The fourth-order valence-corrected chi connectivity index (χ4v) is 2.80. The molecule has 0 bridgehead atoms. The van der Waals surface area contributed by atoms with Crippen molar-refractivity contribution >= 4 is 10.0 Å². The van der Waals surface area contributed by atoms with E-state index in [1.807, 2.05) is 12.1 Å². The minimum absolute atomic E-state index is 0.221. The SMILES string of the molecule is CC(C)S(=O)(=O)N(C)Cc1ccc2c(c1)OCO2. The lowest BCUT2D eigenvalue weighted by molar-refractivity contribution is 0.174. The Morgan fingerprint density at radius 1 is 1.28 bits per heavy atom. The fraction of sp³-hybridized carbons (Fsp3) is 0.500. The molecule has 0 radical (unpaired) electrons. The van der Waals surface area contributed by atoms with Crippen LogP contribution in [0.15, 0.2) is 18.2 Å². The van der Waals surface area contributed by atoms with Crippen LogP contribution in [0.2, 0.25) is 0 Å². The highest BCUT2D eigenvalue weighted by Crippen LogP contribution is 2.32. The van der Waals surface area contributed by atoms with E-state index < -0.39 is 15.3 Å². The topological polar surface area (TPSA) is 55.8 Å². The highest BCUT2D eigenvalue weighted by Gasteiger charge is 2.23. The van der Waals surface area contributed by atoms with Crippen LogP contribution in [0.4, 0.5) is 0 Å². The van der Waals surface area contributed by atoms with E-state index in [-0.39, 0.29) is 6.79 Å². The zero-order valence-corrected chi connectivity index (χ0v) is 11.5. The largest absolute Gasteiger partial charge is 0.454 e. The first kappa shape index (κ1) is 13.2. The van der Waals surface area contributed by atoms with Gasteiger partial charge in [0.25, 0.3) is 0 Å². The van der Waals surface area contributed by atoms with E-state index in [2.05, 4.69) is 0 Å². The molecule has 1 aliphatic rings. The Kier molecular flexibility index (Phi) is 3.49. The maximum atomic E-state index is 11.9. The van der Waals surface area contributed by atoms with Crippen LogP contribution in [0.3, 0.4) is 0 Å². The van der Waals surface area contributed by atoms with Crippen LogP contribution in [-0.4, -0.2) is 31.8 Å². The van der Waals surface area contributed by atoms with Crippen molar-refractivity contribution in [1.82, 2.24) is 4.31 Å². The first-order chi connectivity index (χ1) is 8.41. The molecule has 1 heterocycles. The molecule has 0 atom stereocenters. The van der Waals surface area contributed by atoms with Gasteiger partial charge in [-0.25, -0.2) is 12.7 Å². The Hall–Kier alpha value is -1.27. The van der Waals surface area contributed by atoms with Crippen molar-refractivity contribution in [3.05, 3.63) is 23.8 Å². The van der Waals surface area contributed by atoms with Gasteiger partial charge in [-0.15, -0.1) is 0 Å². The summed E-state index contributed by atoms with van der Waals surface area (Å²) in [6.45, 7) is 3.90. The Bertz CT molecular complexity index is 539. The van der Waals surface area contributed by atoms with Crippen LogP contribution in [-0.2, 0) is 16.6 Å². The number of hydrogen-bond acceptors (Lipinski definition) is 4. The summed E-state index contributed by atoms with van der Waals surface area (Å²) in [5.74, 6) is 1.37. The molecule has 2 rings (SSSR count). The van der Waals surface area contributed by atoms with Crippen LogP contribution < -0.4 is 9.47 Å². The van der Waals surface area contributed by atoms with Gasteiger partial charge in [0.2, 0.25) is 16.8 Å². The van der Waals surface area contributed by atoms with Gasteiger partial charge >= 0.3 is 0 Å². The maximum Gasteiger partial charge on any atom is 0.231 e. The molecule has 0 aliphatic carbocycles. The molecule has 100 valence electrons. The summed E-state index contributed by atoms with van der Waals surface area (Å²) in [6, 6.07) is 5.46. The number of fused-ring (bicyclic) bond motifs is 1. The minimum atomic E-state index is -3.23. The van der Waals surface area contributed by atoms with Crippen LogP contribution in [0.1, 0.15) is 19.4 Å². The summed E-state index contributed by atoms with van der Waals surface area (Å²) in [5, 5.41) is -0.420. The quantitative estimate of drug-likeness (QED) is 0.834. The maximum absolute atomic E-state index is 11.9. The number of ether oxygens (including phenoxy) is 2. The predicted molar refractivity (Wildman–Crippen MR) is 68.1 cm³/mol. The molecule has 1 aliphatic heterocycles. The third kappa shape index (κ3) is 2.44. The molecule has 1 aromatic rings. The fourth-order valence-electron chi connectivity index (χ4n) is 1.75. The van der Waals surface area contributed by atoms with Crippen molar-refractivity contribution in [2.75, 3.05) is 13.8 Å². The van der Waals surface area contributed by atoms with Crippen LogP contribution in [0, 0.1) is 0 Å². The molecule has 0 N–H and O–H groups in total. The highest BCUT2D eigenvalue weighted by molar-refractivity contribution is 7.89. The van der Waals surface area contributed by atoms with E-state index in [0.717, 1.165) is 5.56 Å². The van der Waals surface area contributed by atoms with Crippen LogP contribution >= 0.6 is 0 Å². The van der Waals surface area contributed by atoms with Gasteiger partial charge in [-0.3, -0.25) is 0 Å². The zero-order chi connectivity index (χ0) is 13.3. The van der Waals surface area contributed by atoms with E-state index in [1.165, 1.54) is 4.31 Å². The second-order valence-corrected chi connectivity index (χ2v) is 7.13. The van der Waals surface area contributed by atoms with Crippen molar-refractivity contribution < 1.29 is 17.9 Å². The van der Waals surface area contributed by atoms with Gasteiger partial charge in [-0.1, -0.05) is 6.07 Å². The van der Waals surface area contributed by atoms with E-state index in [4.69, 9.17) is 9.47 Å². The first-order valence-electron chi connectivity index (χ1n) is 5.75. The third-order valence-electron chi connectivity index (χ3n) is 2.87. The Balaban J connectivity index is 2.15. The highest BCUT2D eigenvalue weighted by atomic mass is 32.2. The van der Waals surface area contributed by atoms with Gasteiger partial charge in [0.1, 0.15) is 0 Å². The summed E-state index contributed by atoms with van der Waals surface area (Å²) in [7, 11) is -1.64. The van der Waals surface area contributed by atoms with Gasteiger partial charge in [0.15, 0.2) is 11.5 Å². The standard InChI is InChI=1S/C12H17NO4S/c1-9(2)18(14,15)13(3)7-10-4-5-11-12(6-10)17-8-16-11/h4-6,9H,7-8H2,1-3H3. The Morgan fingerprint density at radius 3 is 2.61 bits per heavy atom. The van der Waals surface area contributed by atoms with Crippen molar-refractivity contribution in [2.24, 2.45) is 0 Å². The number of benzene rings is 1. The summed E-state index contributed by atoms with van der Waals surface area (Å²) in [5.41, 5.74) is 0.881. The molecular weight excluding hydrogens is 254 g/mol. The number of sulfonamides is 1. The lowest BCUT2D eigenvalue weighted by Crippen LogP contribution is -2.32. The minimum Gasteiger partial charge on any atom is -0.454 e. The third-order valence-corrected chi connectivity index (χ3v) is 5.06.